The van der Waals surface area contributed by atoms with Gasteiger partial charge in [-0.15, -0.1) is 11.3 Å². The fourth-order valence-electron chi connectivity index (χ4n) is 1.61. The molecular weight excluding hydrogens is 290 g/mol. The van der Waals surface area contributed by atoms with Gasteiger partial charge in [0.2, 0.25) is 10.0 Å². The summed E-state index contributed by atoms with van der Waals surface area (Å²) >= 11 is 0.927. The number of rotatable bonds is 7. The third-order valence-electron chi connectivity index (χ3n) is 2.60. The highest BCUT2D eigenvalue weighted by Crippen LogP contribution is 2.29. The van der Waals surface area contributed by atoms with Gasteiger partial charge in [-0.2, -0.15) is 0 Å². The van der Waals surface area contributed by atoms with Gasteiger partial charge in [0.25, 0.3) is 0 Å². The Morgan fingerprint density at radius 3 is 2.68 bits per heavy atom. The fraction of sp³-hybridized carbons (Fsp3) is 0.545. The number of hydrogen-bond donors (Lipinski definition) is 1. The van der Waals surface area contributed by atoms with E-state index in [1.807, 2.05) is 0 Å². The van der Waals surface area contributed by atoms with Crippen molar-refractivity contribution in [2.24, 2.45) is 0 Å². The molecule has 0 fully saturated rings. The molecule has 0 aliphatic carbocycles. The van der Waals surface area contributed by atoms with Crippen molar-refractivity contribution in [1.29, 1.82) is 0 Å². The van der Waals surface area contributed by atoms with Crippen molar-refractivity contribution in [3.63, 3.8) is 0 Å². The van der Waals surface area contributed by atoms with Gasteiger partial charge in [0.05, 0.1) is 0 Å². The Kier molecular flexibility index (Phi) is 5.48. The summed E-state index contributed by atoms with van der Waals surface area (Å²) in [4.78, 5) is 10.8. The van der Waals surface area contributed by atoms with Gasteiger partial charge < -0.3 is 9.84 Å². The number of carbonyl (C=O) groups is 1. The van der Waals surface area contributed by atoms with Crippen LogP contribution < -0.4 is 0 Å². The van der Waals surface area contributed by atoms with E-state index in [0.717, 1.165) is 15.6 Å². The van der Waals surface area contributed by atoms with E-state index in [1.54, 1.807) is 19.4 Å². The normalized spacial score (nSPS) is 12.0. The van der Waals surface area contributed by atoms with Crippen LogP contribution in [0.3, 0.4) is 0 Å². The Morgan fingerprint density at radius 2 is 2.16 bits per heavy atom. The smallest absolute Gasteiger partial charge is 0.347 e. The highest BCUT2D eigenvalue weighted by Gasteiger charge is 2.29. The lowest BCUT2D eigenvalue weighted by Gasteiger charge is -2.17. The molecule has 6 nitrogen and oxygen atoms in total. The van der Waals surface area contributed by atoms with Gasteiger partial charge >= 0.3 is 5.97 Å². The van der Waals surface area contributed by atoms with E-state index in [4.69, 9.17) is 9.84 Å². The number of thiophene rings is 1. The van der Waals surface area contributed by atoms with Gasteiger partial charge in [0.15, 0.2) is 0 Å². The molecule has 0 aliphatic rings. The number of aromatic carboxylic acids is 1. The molecule has 0 unspecified atom stereocenters. The van der Waals surface area contributed by atoms with Crippen LogP contribution in [0, 0.1) is 6.92 Å². The Bertz CT molecular complexity index is 549. The lowest BCUT2D eigenvalue weighted by atomic mass is 10.3. The minimum atomic E-state index is -3.78. The zero-order chi connectivity index (χ0) is 14.6. The van der Waals surface area contributed by atoms with Gasteiger partial charge in [-0.1, -0.05) is 0 Å². The Balaban J connectivity index is 3.06. The SMILES string of the molecule is COCCCN(C)S(=O)(=O)c1c(C)csc1C(=O)O. The van der Waals surface area contributed by atoms with E-state index in [-0.39, 0.29) is 16.3 Å². The highest BCUT2D eigenvalue weighted by atomic mass is 32.2. The van der Waals surface area contributed by atoms with Crippen LogP contribution >= 0.6 is 11.3 Å². The lowest BCUT2D eigenvalue weighted by Crippen LogP contribution is -2.29. The Morgan fingerprint density at radius 1 is 1.53 bits per heavy atom. The molecule has 0 aromatic carbocycles. The van der Waals surface area contributed by atoms with Crippen LogP contribution in [0.2, 0.25) is 0 Å². The summed E-state index contributed by atoms with van der Waals surface area (Å²) in [6.07, 6.45) is 0.553. The molecule has 0 amide bonds. The standard InChI is InChI=1S/C11H17NO5S2/c1-8-7-18-9(11(13)14)10(8)19(15,16)12(2)5-4-6-17-3/h7H,4-6H2,1-3H3,(H,13,14). The van der Waals surface area contributed by atoms with Gasteiger partial charge in [-0.25, -0.2) is 17.5 Å². The zero-order valence-electron chi connectivity index (χ0n) is 11.0. The molecule has 0 radical (unpaired) electrons. The monoisotopic (exact) mass is 307 g/mol. The molecule has 1 rings (SSSR count). The van der Waals surface area contributed by atoms with Gasteiger partial charge in [-0.3, -0.25) is 0 Å². The van der Waals surface area contributed by atoms with Crippen molar-refractivity contribution in [1.82, 2.24) is 4.31 Å². The number of methoxy groups -OCH3 is 1. The first-order chi connectivity index (χ1) is 8.82. The van der Waals surface area contributed by atoms with Gasteiger partial charge in [0.1, 0.15) is 9.77 Å². The number of ether oxygens (including phenoxy) is 1. The van der Waals surface area contributed by atoms with Crippen LogP contribution in [0.15, 0.2) is 10.3 Å². The molecule has 1 heterocycles. The number of carboxylic acids is 1. The summed E-state index contributed by atoms with van der Waals surface area (Å²) in [5.41, 5.74) is 0.459. The molecule has 0 spiro atoms. The minimum absolute atomic E-state index is 0.107. The van der Waals surface area contributed by atoms with Crippen LogP contribution in [0.4, 0.5) is 0 Å². The first-order valence-corrected chi connectivity index (χ1v) is 7.91. The average molecular weight is 307 g/mol. The summed E-state index contributed by atoms with van der Waals surface area (Å²) in [5.74, 6) is -1.22. The quantitative estimate of drug-likeness (QED) is 0.770. The molecule has 8 heteroatoms. The van der Waals surface area contributed by atoms with E-state index in [9.17, 15) is 13.2 Å². The third kappa shape index (κ3) is 3.53. The van der Waals surface area contributed by atoms with Crippen molar-refractivity contribution in [2.45, 2.75) is 18.2 Å². The predicted molar refractivity (Wildman–Crippen MR) is 72.3 cm³/mol. The van der Waals surface area contributed by atoms with E-state index < -0.39 is 16.0 Å². The lowest BCUT2D eigenvalue weighted by molar-refractivity contribution is 0.0698. The molecule has 0 aliphatic heterocycles. The third-order valence-corrected chi connectivity index (χ3v) is 5.86. The number of carboxylic acid groups (broad SMARTS) is 1. The molecule has 108 valence electrons. The molecule has 0 bridgehead atoms. The van der Waals surface area contributed by atoms with Gasteiger partial charge in [0, 0.05) is 27.3 Å². The molecular formula is C11H17NO5S2. The van der Waals surface area contributed by atoms with Crippen LogP contribution in [0.5, 0.6) is 0 Å². The first kappa shape index (κ1) is 16.1. The van der Waals surface area contributed by atoms with Crippen LogP contribution in [-0.2, 0) is 14.8 Å². The predicted octanol–water partition coefficient (Wildman–Crippen LogP) is 1.41. The van der Waals surface area contributed by atoms with E-state index in [2.05, 4.69) is 0 Å². The molecule has 19 heavy (non-hydrogen) atoms. The molecule has 1 aromatic heterocycles. The number of sulfonamides is 1. The fourth-order valence-corrected chi connectivity index (χ4v) is 4.39. The van der Waals surface area contributed by atoms with Crippen LogP contribution in [0.25, 0.3) is 0 Å². The zero-order valence-corrected chi connectivity index (χ0v) is 12.7. The van der Waals surface area contributed by atoms with Crippen molar-refractivity contribution in [2.75, 3.05) is 27.3 Å². The topological polar surface area (TPSA) is 83.9 Å². The maximum Gasteiger partial charge on any atom is 0.347 e. The molecule has 0 saturated carbocycles. The first-order valence-electron chi connectivity index (χ1n) is 5.59. The average Bonchev–Trinajstić information content (AvgIpc) is 2.72. The Labute approximate surface area is 116 Å². The van der Waals surface area contributed by atoms with E-state index in [1.165, 1.54) is 7.05 Å². The van der Waals surface area contributed by atoms with Crippen molar-refractivity contribution in [3.8, 4) is 0 Å². The van der Waals surface area contributed by atoms with E-state index >= 15 is 0 Å². The van der Waals surface area contributed by atoms with Crippen LogP contribution in [0.1, 0.15) is 21.7 Å². The van der Waals surface area contributed by atoms with Gasteiger partial charge in [-0.05, 0) is 24.3 Å². The number of hydrogen-bond acceptors (Lipinski definition) is 5. The van der Waals surface area contributed by atoms with Crippen LogP contribution in [-0.4, -0.2) is 51.1 Å². The van der Waals surface area contributed by atoms with E-state index in [0.29, 0.717) is 18.6 Å². The number of aryl methyl sites for hydroxylation is 1. The molecule has 1 aromatic rings. The second kappa shape index (κ2) is 6.47. The maximum atomic E-state index is 12.4. The minimum Gasteiger partial charge on any atom is -0.477 e. The molecule has 0 saturated heterocycles. The second-order valence-corrected chi connectivity index (χ2v) is 6.92. The summed E-state index contributed by atoms with van der Waals surface area (Å²) in [7, 11) is -0.795. The number of nitrogens with zero attached hydrogens (tertiary/aromatic N) is 1. The van der Waals surface area contributed by atoms with Crippen molar-refractivity contribution in [3.05, 3.63) is 15.8 Å². The van der Waals surface area contributed by atoms with Crippen molar-refractivity contribution < 1.29 is 23.1 Å². The van der Waals surface area contributed by atoms with Crippen molar-refractivity contribution >= 4 is 27.3 Å². The summed E-state index contributed by atoms with van der Waals surface area (Å²) in [5, 5.41) is 10.6. The molecule has 1 N–H and O–H groups in total. The Hall–Kier alpha value is -0.960. The highest BCUT2D eigenvalue weighted by molar-refractivity contribution is 7.89. The maximum absolute atomic E-state index is 12.4. The molecule has 0 atom stereocenters. The second-order valence-electron chi connectivity index (χ2n) is 4.06. The largest absolute Gasteiger partial charge is 0.477 e. The summed E-state index contributed by atoms with van der Waals surface area (Å²) in [6.45, 7) is 2.33. The summed E-state index contributed by atoms with van der Waals surface area (Å²) < 4.78 is 30.8. The summed E-state index contributed by atoms with van der Waals surface area (Å²) in [6, 6.07) is 0.